The van der Waals surface area contributed by atoms with Crippen molar-refractivity contribution in [3.63, 3.8) is 0 Å². The van der Waals surface area contributed by atoms with Gasteiger partial charge in [0.05, 0.1) is 26.4 Å². The van der Waals surface area contributed by atoms with Crippen LogP contribution in [0.4, 0.5) is 0 Å². The summed E-state index contributed by atoms with van der Waals surface area (Å²) in [6.07, 6.45) is -2.83. The van der Waals surface area contributed by atoms with E-state index in [-0.39, 0.29) is 19.1 Å². The van der Waals surface area contributed by atoms with Gasteiger partial charge in [0, 0.05) is 6.92 Å². The lowest BCUT2D eigenvalue weighted by molar-refractivity contribution is -0.290. The molecule has 190 valence electrons. The van der Waals surface area contributed by atoms with Crippen LogP contribution in [0.15, 0.2) is 91.0 Å². The third-order valence-corrected chi connectivity index (χ3v) is 6.02. The van der Waals surface area contributed by atoms with Gasteiger partial charge in [0.1, 0.15) is 24.4 Å². The van der Waals surface area contributed by atoms with Crippen LogP contribution in [-0.4, -0.2) is 48.3 Å². The Balaban J connectivity index is 1.58. The fourth-order valence-corrected chi connectivity index (χ4v) is 4.27. The number of amides is 1. The van der Waals surface area contributed by atoms with Crippen molar-refractivity contribution in [1.82, 2.24) is 5.32 Å². The molecule has 7 nitrogen and oxygen atoms in total. The first-order valence-corrected chi connectivity index (χ1v) is 12.1. The molecular formula is C29H33NO6. The lowest BCUT2D eigenvalue weighted by Crippen LogP contribution is -2.65. The minimum Gasteiger partial charge on any atom is -0.394 e. The van der Waals surface area contributed by atoms with E-state index in [1.165, 1.54) is 6.92 Å². The highest BCUT2D eigenvalue weighted by Gasteiger charge is 2.48. The molecule has 0 spiro atoms. The van der Waals surface area contributed by atoms with Gasteiger partial charge in [-0.1, -0.05) is 91.0 Å². The van der Waals surface area contributed by atoms with E-state index in [1.807, 2.05) is 91.0 Å². The Morgan fingerprint density at radius 2 is 1.19 bits per heavy atom. The van der Waals surface area contributed by atoms with Crippen molar-refractivity contribution in [3.05, 3.63) is 108 Å². The summed E-state index contributed by atoms with van der Waals surface area (Å²) in [5.74, 6) is -0.241. The highest BCUT2D eigenvalue weighted by atomic mass is 16.7. The summed E-state index contributed by atoms with van der Waals surface area (Å²) in [6.45, 7) is 2.04. The van der Waals surface area contributed by atoms with Crippen LogP contribution in [0.5, 0.6) is 0 Å². The van der Waals surface area contributed by atoms with Crippen molar-refractivity contribution in [2.75, 3.05) is 6.61 Å². The van der Waals surface area contributed by atoms with Gasteiger partial charge in [-0.15, -0.1) is 0 Å². The van der Waals surface area contributed by atoms with E-state index in [0.717, 1.165) is 16.7 Å². The van der Waals surface area contributed by atoms with E-state index in [9.17, 15) is 9.90 Å². The molecule has 1 saturated heterocycles. The Labute approximate surface area is 212 Å². The van der Waals surface area contributed by atoms with Gasteiger partial charge >= 0.3 is 0 Å². The number of carbonyl (C=O) groups excluding carboxylic acids is 1. The number of hydrogen-bond acceptors (Lipinski definition) is 6. The van der Waals surface area contributed by atoms with E-state index >= 15 is 0 Å². The summed E-state index contributed by atoms with van der Waals surface area (Å²) in [5, 5.41) is 13.2. The molecule has 2 N–H and O–H groups in total. The monoisotopic (exact) mass is 491 g/mol. The summed E-state index contributed by atoms with van der Waals surface area (Å²) in [6, 6.07) is 28.6. The fraction of sp³-hybridized carbons (Fsp3) is 0.345. The zero-order valence-electron chi connectivity index (χ0n) is 20.4. The summed E-state index contributed by atoms with van der Waals surface area (Å²) in [5.41, 5.74) is 2.93. The van der Waals surface area contributed by atoms with Crippen LogP contribution >= 0.6 is 0 Å². The van der Waals surface area contributed by atoms with Crippen LogP contribution in [0.1, 0.15) is 23.6 Å². The van der Waals surface area contributed by atoms with E-state index in [1.54, 1.807) is 0 Å². The van der Waals surface area contributed by atoms with Crippen molar-refractivity contribution in [2.45, 2.75) is 57.4 Å². The Kier molecular flexibility index (Phi) is 9.61. The van der Waals surface area contributed by atoms with E-state index in [0.29, 0.717) is 13.2 Å². The number of hydrogen-bond donors (Lipinski definition) is 2. The summed E-state index contributed by atoms with van der Waals surface area (Å²) < 4.78 is 25.0. The second-order valence-corrected chi connectivity index (χ2v) is 8.77. The largest absolute Gasteiger partial charge is 0.394 e. The van der Waals surface area contributed by atoms with E-state index in [4.69, 9.17) is 18.9 Å². The first-order valence-electron chi connectivity index (χ1n) is 12.1. The maximum Gasteiger partial charge on any atom is 0.217 e. The average Bonchev–Trinajstić information content (AvgIpc) is 2.92. The Morgan fingerprint density at radius 3 is 1.64 bits per heavy atom. The van der Waals surface area contributed by atoms with Crippen molar-refractivity contribution in [1.29, 1.82) is 0 Å². The van der Waals surface area contributed by atoms with Crippen molar-refractivity contribution in [2.24, 2.45) is 0 Å². The van der Waals surface area contributed by atoms with E-state index in [2.05, 4.69) is 5.32 Å². The molecule has 3 aromatic rings. The molecule has 1 heterocycles. The molecule has 0 aromatic heterocycles. The topological polar surface area (TPSA) is 86.3 Å². The van der Waals surface area contributed by atoms with Crippen molar-refractivity contribution in [3.8, 4) is 0 Å². The second-order valence-electron chi connectivity index (χ2n) is 8.77. The van der Waals surface area contributed by atoms with Gasteiger partial charge in [-0.2, -0.15) is 0 Å². The number of aliphatic hydroxyl groups is 1. The molecular weight excluding hydrogens is 458 g/mol. The normalized spacial score (nSPS) is 23.8. The maximum absolute atomic E-state index is 12.2. The molecule has 7 heteroatoms. The molecule has 3 aromatic carbocycles. The van der Waals surface area contributed by atoms with Crippen LogP contribution in [0.2, 0.25) is 0 Å². The zero-order chi connectivity index (χ0) is 25.2. The number of rotatable bonds is 11. The molecule has 36 heavy (non-hydrogen) atoms. The number of carbonyl (C=O) groups is 1. The molecule has 5 unspecified atom stereocenters. The molecule has 1 amide bonds. The molecule has 1 aliphatic heterocycles. The van der Waals surface area contributed by atoms with E-state index < -0.39 is 30.6 Å². The molecule has 0 radical (unpaired) electrons. The van der Waals surface area contributed by atoms with Gasteiger partial charge in [-0.25, -0.2) is 0 Å². The molecule has 5 atom stereocenters. The first kappa shape index (κ1) is 26.0. The van der Waals surface area contributed by atoms with Gasteiger partial charge in [-0.3, -0.25) is 4.79 Å². The third-order valence-electron chi connectivity index (χ3n) is 6.02. The first-order chi connectivity index (χ1) is 17.6. The average molecular weight is 492 g/mol. The van der Waals surface area contributed by atoms with Gasteiger partial charge in [-0.05, 0) is 16.7 Å². The molecule has 1 fully saturated rings. The highest BCUT2D eigenvalue weighted by molar-refractivity contribution is 5.73. The number of nitrogens with one attached hydrogen (secondary N) is 1. The molecule has 0 bridgehead atoms. The minimum atomic E-state index is -0.844. The molecule has 0 saturated carbocycles. The smallest absolute Gasteiger partial charge is 0.217 e. The summed E-state index contributed by atoms with van der Waals surface area (Å²) >= 11 is 0. The standard InChI is InChI=1S/C29H33NO6/c1-21(32)30-26-28(34-19-23-13-7-3-8-14-23)27(33-18-22-11-5-2-6-12-22)25(17-31)36-29(26)35-20-24-15-9-4-10-16-24/h2-16,25-29,31H,17-20H2,1H3,(H,30,32). The predicted octanol–water partition coefficient (Wildman–Crippen LogP) is 3.60. The Bertz CT molecular complexity index is 1050. The van der Waals surface area contributed by atoms with Crippen molar-refractivity contribution >= 4 is 5.91 Å². The quantitative estimate of drug-likeness (QED) is 0.426. The molecule has 4 rings (SSSR count). The lowest BCUT2D eigenvalue weighted by atomic mass is 9.96. The minimum absolute atomic E-state index is 0.241. The SMILES string of the molecule is CC(=O)NC1C(OCc2ccccc2)OC(CO)C(OCc2ccccc2)C1OCc1ccccc1. The van der Waals surface area contributed by atoms with Crippen molar-refractivity contribution < 1.29 is 28.8 Å². The zero-order valence-corrected chi connectivity index (χ0v) is 20.4. The number of benzene rings is 3. The van der Waals surface area contributed by atoms with Crippen LogP contribution < -0.4 is 5.32 Å². The summed E-state index contributed by atoms with van der Waals surface area (Å²) in [4.78, 5) is 12.2. The van der Waals surface area contributed by atoms with Crippen LogP contribution in [-0.2, 0) is 43.6 Å². The predicted molar refractivity (Wildman–Crippen MR) is 135 cm³/mol. The Morgan fingerprint density at radius 1 is 0.750 bits per heavy atom. The third kappa shape index (κ3) is 7.22. The number of ether oxygens (including phenoxy) is 4. The van der Waals surface area contributed by atoms with Gasteiger partial charge in [0.2, 0.25) is 5.91 Å². The van der Waals surface area contributed by atoms with Crippen LogP contribution in [0, 0.1) is 0 Å². The summed E-state index contributed by atoms with van der Waals surface area (Å²) in [7, 11) is 0. The second kappa shape index (κ2) is 13.3. The molecule has 0 aliphatic carbocycles. The van der Waals surface area contributed by atoms with Crippen LogP contribution in [0.25, 0.3) is 0 Å². The number of aliphatic hydroxyl groups excluding tert-OH is 1. The molecule has 1 aliphatic rings. The highest BCUT2D eigenvalue weighted by Crippen LogP contribution is 2.29. The van der Waals surface area contributed by atoms with Gasteiger partial charge < -0.3 is 29.4 Å². The van der Waals surface area contributed by atoms with Crippen LogP contribution in [0.3, 0.4) is 0 Å². The maximum atomic E-state index is 12.2. The Hall–Kier alpha value is -3.07. The lowest BCUT2D eigenvalue weighted by Gasteiger charge is -2.45. The van der Waals surface area contributed by atoms with Gasteiger partial charge in [0.15, 0.2) is 6.29 Å². The fourth-order valence-electron chi connectivity index (χ4n) is 4.27. The van der Waals surface area contributed by atoms with Gasteiger partial charge in [0.25, 0.3) is 0 Å².